The van der Waals surface area contributed by atoms with Gasteiger partial charge in [-0.05, 0) is 23.6 Å². The average Bonchev–Trinajstić information content (AvgIpc) is 3.16. The van der Waals surface area contributed by atoms with Gasteiger partial charge in [0.2, 0.25) is 6.10 Å². The number of rotatable bonds is 7. The standard InChI is InChI=1S/C23H25NO4S2/c1-15(2)18-14-30-23(29)24(18)21(25)20(19(27-3)16-10-6-4-7-11-16)28-22(26)17-12-8-5-9-13-17/h4-13,15,18-20H,14H2,1-3H3/t18-,19-,20-/m1/s1. The van der Waals surface area contributed by atoms with Crippen LogP contribution in [0.2, 0.25) is 0 Å². The highest BCUT2D eigenvalue weighted by atomic mass is 32.2. The average molecular weight is 444 g/mol. The molecule has 1 saturated heterocycles. The van der Waals surface area contributed by atoms with E-state index in [-0.39, 0.29) is 17.9 Å². The quantitative estimate of drug-likeness (QED) is 0.464. The maximum Gasteiger partial charge on any atom is 0.339 e. The van der Waals surface area contributed by atoms with Crippen LogP contribution in [0.1, 0.15) is 35.9 Å². The van der Waals surface area contributed by atoms with Gasteiger partial charge in [-0.2, -0.15) is 0 Å². The van der Waals surface area contributed by atoms with E-state index in [1.54, 1.807) is 29.2 Å². The fourth-order valence-electron chi connectivity index (χ4n) is 3.39. The molecule has 7 heteroatoms. The highest BCUT2D eigenvalue weighted by Gasteiger charge is 2.43. The summed E-state index contributed by atoms with van der Waals surface area (Å²) in [5.41, 5.74) is 1.12. The maximum absolute atomic E-state index is 13.7. The molecule has 0 aliphatic carbocycles. The van der Waals surface area contributed by atoms with Gasteiger partial charge in [-0.1, -0.05) is 86.4 Å². The van der Waals surface area contributed by atoms with Crippen LogP contribution in [0.5, 0.6) is 0 Å². The molecule has 1 amide bonds. The minimum atomic E-state index is -1.16. The molecule has 0 spiro atoms. The molecule has 1 aliphatic heterocycles. The van der Waals surface area contributed by atoms with Crippen LogP contribution in [0.3, 0.4) is 0 Å². The minimum absolute atomic E-state index is 0.0544. The van der Waals surface area contributed by atoms with Crippen molar-refractivity contribution in [2.45, 2.75) is 32.1 Å². The van der Waals surface area contributed by atoms with E-state index < -0.39 is 18.2 Å². The molecule has 1 aliphatic rings. The fourth-order valence-corrected chi connectivity index (χ4v) is 5.03. The first kappa shape index (κ1) is 22.5. The van der Waals surface area contributed by atoms with Gasteiger partial charge in [0.15, 0.2) is 0 Å². The molecule has 0 radical (unpaired) electrons. The summed E-state index contributed by atoms with van der Waals surface area (Å²) in [6, 6.07) is 17.9. The maximum atomic E-state index is 13.7. The second kappa shape index (κ2) is 10.2. The molecule has 0 unspecified atom stereocenters. The number of esters is 1. The van der Waals surface area contributed by atoms with Crippen LogP contribution in [0.4, 0.5) is 0 Å². The van der Waals surface area contributed by atoms with Gasteiger partial charge in [-0.15, -0.1) is 0 Å². The lowest BCUT2D eigenvalue weighted by Crippen LogP contribution is -2.50. The van der Waals surface area contributed by atoms with Gasteiger partial charge >= 0.3 is 5.97 Å². The van der Waals surface area contributed by atoms with Crippen molar-refractivity contribution in [1.29, 1.82) is 0 Å². The van der Waals surface area contributed by atoms with E-state index in [4.69, 9.17) is 21.7 Å². The van der Waals surface area contributed by atoms with Gasteiger partial charge in [-0.3, -0.25) is 9.69 Å². The Hall–Kier alpha value is -2.22. The predicted molar refractivity (Wildman–Crippen MR) is 122 cm³/mol. The number of methoxy groups -OCH3 is 1. The van der Waals surface area contributed by atoms with E-state index in [9.17, 15) is 9.59 Å². The van der Waals surface area contributed by atoms with Crippen LogP contribution < -0.4 is 0 Å². The van der Waals surface area contributed by atoms with Gasteiger partial charge < -0.3 is 9.47 Å². The van der Waals surface area contributed by atoms with E-state index in [1.807, 2.05) is 36.4 Å². The van der Waals surface area contributed by atoms with Gasteiger partial charge in [0.1, 0.15) is 10.4 Å². The second-order valence-electron chi connectivity index (χ2n) is 7.36. The molecule has 30 heavy (non-hydrogen) atoms. The molecule has 158 valence electrons. The number of ether oxygens (including phenoxy) is 2. The van der Waals surface area contributed by atoms with Crippen molar-refractivity contribution in [3.63, 3.8) is 0 Å². The van der Waals surface area contributed by atoms with Crippen molar-refractivity contribution in [3.05, 3.63) is 71.8 Å². The monoisotopic (exact) mass is 443 g/mol. The number of hydrogen-bond donors (Lipinski definition) is 0. The fraction of sp³-hybridized carbons (Fsp3) is 0.348. The van der Waals surface area contributed by atoms with Crippen molar-refractivity contribution >= 4 is 40.2 Å². The smallest absolute Gasteiger partial charge is 0.339 e. The molecule has 0 bridgehead atoms. The molecule has 1 fully saturated rings. The van der Waals surface area contributed by atoms with Gasteiger partial charge in [-0.25, -0.2) is 4.79 Å². The predicted octanol–water partition coefficient (Wildman–Crippen LogP) is 4.48. The molecule has 0 N–H and O–H groups in total. The summed E-state index contributed by atoms with van der Waals surface area (Å²) in [4.78, 5) is 28.1. The third-order valence-corrected chi connectivity index (χ3v) is 6.56. The Morgan fingerprint density at radius 3 is 2.23 bits per heavy atom. The summed E-state index contributed by atoms with van der Waals surface area (Å²) in [5, 5.41) is 0. The summed E-state index contributed by atoms with van der Waals surface area (Å²) in [5.74, 6) is 0.00415. The van der Waals surface area contributed by atoms with E-state index >= 15 is 0 Å². The Balaban J connectivity index is 1.97. The molecule has 2 aromatic carbocycles. The molecule has 3 atom stereocenters. The van der Waals surface area contributed by atoms with Crippen LogP contribution in [-0.2, 0) is 14.3 Å². The van der Waals surface area contributed by atoms with Crippen LogP contribution >= 0.6 is 24.0 Å². The van der Waals surface area contributed by atoms with Gasteiger partial charge in [0.05, 0.1) is 11.6 Å². The van der Waals surface area contributed by atoms with Crippen molar-refractivity contribution in [1.82, 2.24) is 4.90 Å². The number of thioether (sulfide) groups is 1. The Morgan fingerprint density at radius 1 is 1.07 bits per heavy atom. The molecule has 1 heterocycles. The highest BCUT2D eigenvalue weighted by molar-refractivity contribution is 8.23. The van der Waals surface area contributed by atoms with Crippen molar-refractivity contribution in [2.75, 3.05) is 12.9 Å². The van der Waals surface area contributed by atoms with E-state index in [2.05, 4.69) is 13.8 Å². The number of carbonyl (C=O) groups excluding carboxylic acids is 2. The molecule has 2 aromatic rings. The topological polar surface area (TPSA) is 55.8 Å². The molecule has 5 nitrogen and oxygen atoms in total. The van der Waals surface area contributed by atoms with Crippen LogP contribution in [0.25, 0.3) is 0 Å². The zero-order valence-corrected chi connectivity index (χ0v) is 18.8. The van der Waals surface area contributed by atoms with E-state index in [0.717, 1.165) is 11.3 Å². The van der Waals surface area contributed by atoms with Gasteiger partial charge in [0.25, 0.3) is 5.91 Å². The molecule has 3 rings (SSSR count). The Labute approximate surface area is 186 Å². The number of benzene rings is 2. The number of nitrogens with zero attached hydrogens (tertiary/aromatic N) is 1. The Morgan fingerprint density at radius 2 is 1.67 bits per heavy atom. The van der Waals surface area contributed by atoms with Crippen LogP contribution in [-0.4, -0.2) is 46.1 Å². The largest absolute Gasteiger partial charge is 0.445 e. The summed E-state index contributed by atoms with van der Waals surface area (Å²) in [6.07, 6.45) is -1.92. The van der Waals surface area contributed by atoms with Crippen molar-refractivity contribution < 1.29 is 19.1 Å². The molecule has 0 aromatic heterocycles. The zero-order valence-electron chi connectivity index (χ0n) is 17.2. The lowest BCUT2D eigenvalue weighted by atomic mass is 10.00. The first-order chi connectivity index (χ1) is 14.4. The summed E-state index contributed by atoms with van der Waals surface area (Å²) >= 11 is 6.94. The second-order valence-corrected chi connectivity index (χ2v) is 9.01. The number of thiocarbonyl (C=S) groups is 1. The Bertz CT molecular complexity index is 889. The van der Waals surface area contributed by atoms with Crippen LogP contribution in [0.15, 0.2) is 60.7 Å². The SMILES string of the molecule is CO[C@H](c1ccccc1)[C@@H](OC(=O)c1ccccc1)C(=O)N1C(=S)SC[C@@H]1C(C)C. The molecule has 0 saturated carbocycles. The van der Waals surface area contributed by atoms with Crippen molar-refractivity contribution in [2.24, 2.45) is 5.92 Å². The first-order valence-corrected chi connectivity index (χ1v) is 11.2. The molecular formula is C23H25NO4S2. The lowest BCUT2D eigenvalue weighted by molar-refractivity contribution is -0.146. The van der Waals surface area contributed by atoms with E-state index in [0.29, 0.717) is 9.88 Å². The normalized spacial score (nSPS) is 18.3. The van der Waals surface area contributed by atoms with E-state index in [1.165, 1.54) is 18.9 Å². The van der Waals surface area contributed by atoms with Crippen LogP contribution in [0, 0.1) is 5.92 Å². The highest BCUT2D eigenvalue weighted by Crippen LogP contribution is 2.33. The Kier molecular flexibility index (Phi) is 7.64. The summed E-state index contributed by atoms with van der Waals surface area (Å²) < 4.78 is 11.9. The number of amides is 1. The third kappa shape index (κ3) is 4.91. The first-order valence-electron chi connectivity index (χ1n) is 9.77. The minimum Gasteiger partial charge on any atom is -0.445 e. The van der Waals surface area contributed by atoms with Gasteiger partial charge in [0, 0.05) is 12.9 Å². The third-order valence-electron chi connectivity index (χ3n) is 5.06. The zero-order chi connectivity index (χ0) is 21.7. The summed E-state index contributed by atoms with van der Waals surface area (Å²) in [7, 11) is 1.51. The lowest BCUT2D eigenvalue weighted by Gasteiger charge is -2.32. The number of hydrogen-bond acceptors (Lipinski definition) is 6. The number of carbonyl (C=O) groups is 2. The summed E-state index contributed by atoms with van der Waals surface area (Å²) in [6.45, 7) is 4.10. The molecular weight excluding hydrogens is 418 g/mol. The van der Waals surface area contributed by atoms with Crippen molar-refractivity contribution in [3.8, 4) is 0 Å².